The quantitative estimate of drug-likeness (QED) is 0.419. The van der Waals surface area contributed by atoms with Crippen LogP contribution in [0.4, 0.5) is 0 Å². The Morgan fingerprint density at radius 1 is 0.607 bits per heavy atom. The summed E-state index contributed by atoms with van der Waals surface area (Å²) >= 11 is 0. The molecule has 0 saturated heterocycles. The number of rotatable bonds is 6. The standard InChI is InChI=1S/C27H45P/c1-19(2)22-17-25(20(3)4)27(26(18-22)21(5)6)28(23-13-9-7-10-14-23)24-15-11-8-12-16-24/h17-21,23-24H,7-16H2,1-6H3/p+1. The van der Waals surface area contributed by atoms with Crippen LogP contribution < -0.4 is 5.30 Å². The zero-order chi connectivity index (χ0) is 20.3. The fourth-order valence-electron chi connectivity index (χ4n) is 5.86. The largest absolute Gasteiger partial charge is 0.0989 e. The molecule has 0 aliphatic heterocycles. The van der Waals surface area contributed by atoms with Gasteiger partial charge < -0.3 is 0 Å². The monoisotopic (exact) mass is 401 g/mol. The molecule has 0 radical (unpaired) electrons. The fourth-order valence-corrected chi connectivity index (χ4v) is 10.8. The molecule has 0 N–H and O–H groups in total. The van der Waals surface area contributed by atoms with Gasteiger partial charge in [-0.15, -0.1) is 0 Å². The van der Waals surface area contributed by atoms with Crippen molar-refractivity contribution in [2.24, 2.45) is 0 Å². The van der Waals surface area contributed by atoms with Crippen LogP contribution in [0, 0.1) is 0 Å². The predicted molar refractivity (Wildman–Crippen MR) is 130 cm³/mol. The Labute approximate surface area is 177 Å². The zero-order valence-electron chi connectivity index (χ0n) is 19.6. The van der Waals surface area contributed by atoms with E-state index in [9.17, 15) is 0 Å². The Balaban J connectivity index is 2.15. The maximum absolute atomic E-state index is 2.63. The van der Waals surface area contributed by atoms with E-state index in [0.717, 1.165) is 11.3 Å². The second-order valence-electron chi connectivity index (χ2n) is 10.7. The van der Waals surface area contributed by atoms with Gasteiger partial charge in [-0.2, -0.15) is 0 Å². The van der Waals surface area contributed by atoms with Crippen molar-refractivity contribution in [2.75, 3.05) is 0 Å². The molecule has 0 bridgehead atoms. The van der Waals surface area contributed by atoms with Gasteiger partial charge in [0, 0.05) is 7.92 Å². The third-order valence-corrected chi connectivity index (χ3v) is 11.6. The second kappa shape index (κ2) is 10.1. The zero-order valence-corrected chi connectivity index (χ0v) is 20.6. The molecule has 0 aromatic heterocycles. The van der Waals surface area contributed by atoms with Crippen molar-refractivity contribution in [3.05, 3.63) is 28.8 Å². The molecular formula is C27H46P+. The van der Waals surface area contributed by atoms with Crippen LogP contribution in [0.15, 0.2) is 12.1 Å². The lowest BCUT2D eigenvalue weighted by Crippen LogP contribution is -2.31. The molecular weight excluding hydrogens is 355 g/mol. The van der Waals surface area contributed by atoms with Crippen LogP contribution in [-0.4, -0.2) is 11.3 Å². The van der Waals surface area contributed by atoms with Gasteiger partial charge in [0.15, 0.2) is 0 Å². The van der Waals surface area contributed by atoms with Gasteiger partial charge in [0.25, 0.3) is 0 Å². The fraction of sp³-hybridized carbons (Fsp3) is 0.778. The molecule has 1 aromatic rings. The Bertz CT molecular complexity index is 568. The third kappa shape index (κ3) is 5.03. The Hall–Kier alpha value is -0.350. The van der Waals surface area contributed by atoms with Crippen molar-refractivity contribution in [1.82, 2.24) is 0 Å². The SMILES string of the molecule is CC(C)c1cc(C(C)C)c([PH+](C2CCCCC2)C2CCCCC2)c(C(C)C)c1. The molecule has 2 fully saturated rings. The van der Waals surface area contributed by atoms with Gasteiger partial charge in [-0.05, 0) is 85.8 Å². The summed E-state index contributed by atoms with van der Waals surface area (Å²) in [5, 5.41) is 1.92. The van der Waals surface area contributed by atoms with Crippen molar-refractivity contribution in [3.8, 4) is 0 Å². The van der Waals surface area contributed by atoms with Crippen LogP contribution in [0.2, 0.25) is 0 Å². The lowest BCUT2D eigenvalue weighted by molar-refractivity contribution is 0.486. The van der Waals surface area contributed by atoms with E-state index in [0.29, 0.717) is 17.8 Å². The lowest BCUT2D eigenvalue weighted by Gasteiger charge is -2.35. The van der Waals surface area contributed by atoms with Gasteiger partial charge in [-0.3, -0.25) is 0 Å². The molecule has 3 rings (SSSR count). The molecule has 0 atom stereocenters. The smallest absolute Gasteiger partial charge is 0.0587 e. The Morgan fingerprint density at radius 3 is 1.32 bits per heavy atom. The van der Waals surface area contributed by atoms with Crippen LogP contribution in [0.5, 0.6) is 0 Å². The van der Waals surface area contributed by atoms with E-state index in [2.05, 4.69) is 53.7 Å². The summed E-state index contributed by atoms with van der Waals surface area (Å²) < 4.78 is 0. The first-order valence-corrected chi connectivity index (χ1v) is 14.1. The maximum Gasteiger partial charge on any atom is 0.0989 e. The molecule has 2 aliphatic carbocycles. The van der Waals surface area contributed by atoms with E-state index in [1.807, 2.05) is 5.30 Å². The molecule has 1 heteroatoms. The molecule has 0 spiro atoms. The minimum atomic E-state index is -0.514. The van der Waals surface area contributed by atoms with Crippen LogP contribution in [0.3, 0.4) is 0 Å². The second-order valence-corrected chi connectivity index (χ2v) is 13.7. The summed E-state index contributed by atoms with van der Waals surface area (Å²) in [4.78, 5) is 0. The van der Waals surface area contributed by atoms with Gasteiger partial charge in [0.05, 0.1) is 16.6 Å². The van der Waals surface area contributed by atoms with E-state index in [-0.39, 0.29) is 0 Å². The average molecular weight is 402 g/mol. The minimum absolute atomic E-state index is 0.514. The van der Waals surface area contributed by atoms with Crippen molar-refractivity contribution >= 4 is 13.2 Å². The Kier molecular flexibility index (Phi) is 8.06. The molecule has 158 valence electrons. The summed E-state index contributed by atoms with van der Waals surface area (Å²) in [6.45, 7) is 14.6. The van der Waals surface area contributed by atoms with Gasteiger partial charge >= 0.3 is 0 Å². The molecule has 28 heavy (non-hydrogen) atoms. The molecule has 0 heterocycles. The van der Waals surface area contributed by atoms with Gasteiger partial charge in [0.1, 0.15) is 0 Å². The molecule has 1 aromatic carbocycles. The first kappa shape index (κ1) is 22.3. The van der Waals surface area contributed by atoms with E-state index in [1.165, 1.54) is 64.2 Å². The predicted octanol–water partition coefficient (Wildman–Crippen LogP) is 8.56. The molecule has 0 amide bonds. The lowest BCUT2D eigenvalue weighted by atomic mass is 9.89. The van der Waals surface area contributed by atoms with Gasteiger partial charge in [0.2, 0.25) is 0 Å². The number of benzene rings is 1. The summed E-state index contributed by atoms with van der Waals surface area (Å²) in [5.41, 5.74) is 7.10. The van der Waals surface area contributed by atoms with Crippen molar-refractivity contribution < 1.29 is 0 Å². The average Bonchev–Trinajstić information content (AvgIpc) is 2.69. The van der Waals surface area contributed by atoms with E-state index in [4.69, 9.17) is 0 Å². The van der Waals surface area contributed by atoms with Gasteiger partial charge in [-0.25, -0.2) is 0 Å². The topological polar surface area (TPSA) is 0 Å². The van der Waals surface area contributed by atoms with Crippen molar-refractivity contribution in [1.29, 1.82) is 0 Å². The molecule has 0 unspecified atom stereocenters. The number of hydrogen-bond acceptors (Lipinski definition) is 0. The van der Waals surface area contributed by atoms with Crippen molar-refractivity contribution in [2.45, 2.75) is 135 Å². The van der Waals surface area contributed by atoms with E-state index < -0.39 is 7.92 Å². The van der Waals surface area contributed by atoms with E-state index >= 15 is 0 Å². The van der Waals surface area contributed by atoms with Crippen molar-refractivity contribution in [3.63, 3.8) is 0 Å². The highest BCUT2D eigenvalue weighted by molar-refractivity contribution is 7.67. The van der Waals surface area contributed by atoms with E-state index in [1.54, 1.807) is 16.7 Å². The van der Waals surface area contributed by atoms with Gasteiger partial charge in [-0.1, -0.05) is 66.5 Å². The summed E-state index contributed by atoms with van der Waals surface area (Å²) in [7, 11) is -0.514. The maximum atomic E-state index is 2.63. The molecule has 2 aliphatic rings. The normalized spacial score (nSPS) is 20.1. The summed E-state index contributed by atoms with van der Waals surface area (Å²) in [5.74, 6) is 1.93. The molecule has 2 saturated carbocycles. The highest BCUT2D eigenvalue weighted by Crippen LogP contribution is 2.57. The summed E-state index contributed by atoms with van der Waals surface area (Å²) in [6, 6.07) is 5.26. The minimum Gasteiger partial charge on any atom is -0.0587 e. The highest BCUT2D eigenvalue weighted by atomic mass is 31.1. The van der Waals surface area contributed by atoms with Crippen LogP contribution >= 0.6 is 7.92 Å². The number of hydrogen-bond donors (Lipinski definition) is 0. The van der Waals surface area contributed by atoms with Crippen LogP contribution in [0.1, 0.15) is 140 Å². The first-order chi connectivity index (χ1) is 13.4. The van der Waals surface area contributed by atoms with Crippen LogP contribution in [0.25, 0.3) is 0 Å². The van der Waals surface area contributed by atoms with Crippen LogP contribution in [-0.2, 0) is 0 Å². The highest BCUT2D eigenvalue weighted by Gasteiger charge is 2.42. The third-order valence-electron chi connectivity index (χ3n) is 7.51. The summed E-state index contributed by atoms with van der Waals surface area (Å²) in [6.07, 6.45) is 15.0. The first-order valence-electron chi connectivity index (χ1n) is 12.4. The Morgan fingerprint density at radius 2 is 1.00 bits per heavy atom. The molecule has 0 nitrogen and oxygen atoms in total.